The number of nitro groups is 1. The van der Waals surface area contributed by atoms with Crippen molar-refractivity contribution >= 4 is 11.6 Å². The molecule has 0 fully saturated rings. The second-order valence-corrected chi connectivity index (χ2v) is 5.08. The summed E-state index contributed by atoms with van der Waals surface area (Å²) in [4.78, 5) is 22.3. The van der Waals surface area contributed by atoms with Gasteiger partial charge in [0.15, 0.2) is 0 Å². The number of aromatic amines is 1. The highest BCUT2D eigenvalue weighted by Crippen LogP contribution is 2.22. The van der Waals surface area contributed by atoms with Crippen molar-refractivity contribution in [3.8, 4) is 0 Å². The van der Waals surface area contributed by atoms with Crippen LogP contribution in [0.5, 0.6) is 0 Å². The van der Waals surface area contributed by atoms with Gasteiger partial charge in [0, 0.05) is 12.1 Å². The van der Waals surface area contributed by atoms with Crippen LogP contribution in [0.1, 0.15) is 43.4 Å². The third kappa shape index (κ3) is 4.02. The Kier molecular flexibility index (Phi) is 4.60. The van der Waals surface area contributed by atoms with Crippen LogP contribution >= 0.6 is 0 Å². The Labute approximate surface area is 110 Å². The quantitative estimate of drug-likeness (QED) is 0.518. The molecule has 0 unspecified atom stereocenters. The predicted molar refractivity (Wildman–Crippen MR) is 69.8 cm³/mol. The maximum absolute atomic E-state index is 11.9. The van der Waals surface area contributed by atoms with Crippen molar-refractivity contribution in [2.75, 3.05) is 6.54 Å². The van der Waals surface area contributed by atoms with Gasteiger partial charge >= 0.3 is 5.69 Å². The van der Waals surface area contributed by atoms with E-state index in [4.69, 9.17) is 5.73 Å². The molecule has 0 radical (unpaired) electrons. The molecule has 1 amide bonds. The van der Waals surface area contributed by atoms with Crippen molar-refractivity contribution < 1.29 is 9.72 Å². The van der Waals surface area contributed by atoms with Gasteiger partial charge in [0.05, 0.1) is 4.92 Å². The molecule has 1 aromatic heterocycles. The van der Waals surface area contributed by atoms with E-state index < -0.39 is 16.4 Å². The van der Waals surface area contributed by atoms with E-state index >= 15 is 0 Å². The molecule has 8 nitrogen and oxygen atoms in total. The van der Waals surface area contributed by atoms with E-state index in [9.17, 15) is 14.9 Å². The van der Waals surface area contributed by atoms with Crippen molar-refractivity contribution in [3.63, 3.8) is 0 Å². The molecule has 0 spiro atoms. The van der Waals surface area contributed by atoms with Crippen molar-refractivity contribution in [1.82, 2.24) is 15.5 Å². The highest BCUT2D eigenvalue weighted by atomic mass is 16.6. The van der Waals surface area contributed by atoms with Crippen LogP contribution in [0.4, 0.5) is 5.69 Å². The number of carbonyl (C=O) groups excluding carboxylic acids is 1. The van der Waals surface area contributed by atoms with E-state index in [1.807, 2.05) is 6.92 Å². The Morgan fingerprint density at radius 1 is 1.58 bits per heavy atom. The van der Waals surface area contributed by atoms with Crippen LogP contribution in [0.15, 0.2) is 0 Å². The maximum Gasteiger partial charge on any atom is 0.322 e. The SMILES string of the molecule is CCCc1[nH]nc(C(=O)NCC(C)(C)N)c1[N+](=O)[O-]. The summed E-state index contributed by atoms with van der Waals surface area (Å²) in [6.07, 6.45) is 1.19. The van der Waals surface area contributed by atoms with E-state index in [2.05, 4.69) is 15.5 Å². The summed E-state index contributed by atoms with van der Waals surface area (Å²) in [5.74, 6) is -0.594. The van der Waals surface area contributed by atoms with Gasteiger partial charge in [0.25, 0.3) is 5.91 Å². The zero-order valence-electron chi connectivity index (χ0n) is 11.3. The summed E-state index contributed by atoms with van der Waals surface area (Å²) in [5, 5.41) is 19.9. The lowest BCUT2D eigenvalue weighted by atomic mass is 10.1. The van der Waals surface area contributed by atoms with Gasteiger partial charge < -0.3 is 11.1 Å². The van der Waals surface area contributed by atoms with Gasteiger partial charge in [-0.1, -0.05) is 13.3 Å². The highest BCUT2D eigenvalue weighted by Gasteiger charge is 2.29. The lowest BCUT2D eigenvalue weighted by molar-refractivity contribution is -0.385. The maximum atomic E-state index is 11.9. The standard InChI is InChI=1S/C11H19N5O3/c1-4-5-7-9(16(18)19)8(15-14-7)10(17)13-6-11(2,3)12/h4-6,12H2,1-3H3,(H,13,17)(H,14,15). The third-order valence-corrected chi connectivity index (χ3v) is 2.42. The van der Waals surface area contributed by atoms with Gasteiger partial charge in [0.2, 0.25) is 5.69 Å². The van der Waals surface area contributed by atoms with Crippen LogP contribution in [0, 0.1) is 10.1 Å². The monoisotopic (exact) mass is 269 g/mol. The van der Waals surface area contributed by atoms with Crippen LogP contribution in [0.3, 0.4) is 0 Å². The zero-order chi connectivity index (χ0) is 14.6. The van der Waals surface area contributed by atoms with E-state index in [0.29, 0.717) is 12.1 Å². The van der Waals surface area contributed by atoms with Gasteiger partial charge in [0.1, 0.15) is 5.69 Å². The topological polar surface area (TPSA) is 127 Å². The number of rotatable bonds is 6. The molecule has 0 aliphatic heterocycles. The second-order valence-electron chi connectivity index (χ2n) is 5.08. The van der Waals surface area contributed by atoms with Crippen molar-refractivity contribution in [1.29, 1.82) is 0 Å². The van der Waals surface area contributed by atoms with Gasteiger partial charge in [-0.15, -0.1) is 0 Å². The first-order chi connectivity index (χ1) is 8.76. The predicted octanol–water partition coefficient (Wildman–Crippen LogP) is 0.738. The van der Waals surface area contributed by atoms with E-state index in [-0.39, 0.29) is 17.9 Å². The minimum absolute atomic E-state index is 0.197. The zero-order valence-corrected chi connectivity index (χ0v) is 11.3. The number of carbonyl (C=O) groups is 1. The molecule has 8 heteroatoms. The lowest BCUT2D eigenvalue weighted by Gasteiger charge is -2.18. The van der Waals surface area contributed by atoms with Gasteiger partial charge in [-0.2, -0.15) is 5.10 Å². The summed E-state index contributed by atoms with van der Waals surface area (Å²) in [6.45, 7) is 5.59. The molecule has 1 rings (SSSR count). The van der Waals surface area contributed by atoms with Crippen LogP contribution in [-0.4, -0.2) is 33.1 Å². The van der Waals surface area contributed by atoms with Gasteiger partial charge in [-0.05, 0) is 20.3 Å². The third-order valence-electron chi connectivity index (χ3n) is 2.42. The average Bonchev–Trinajstić information content (AvgIpc) is 2.69. The lowest BCUT2D eigenvalue weighted by Crippen LogP contribution is -2.45. The number of aromatic nitrogens is 2. The summed E-state index contributed by atoms with van der Waals surface area (Å²) in [7, 11) is 0. The number of hydrogen-bond donors (Lipinski definition) is 3. The number of H-pyrrole nitrogens is 1. The summed E-state index contributed by atoms with van der Waals surface area (Å²) < 4.78 is 0. The Morgan fingerprint density at radius 2 is 2.21 bits per heavy atom. The van der Waals surface area contributed by atoms with Crippen LogP contribution in [0.2, 0.25) is 0 Å². The Morgan fingerprint density at radius 3 is 2.68 bits per heavy atom. The van der Waals surface area contributed by atoms with Crippen molar-refractivity contribution in [3.05, 3.63) is 21.5 Å². The van der Waals surface area contributed by atoms with Crippen molar-refractivity contribution in [2.45, 2.75) is 39.2 Å². The minimum Gasteiger partial charge on any atom is -0.349 e. The highest BCUT2D eigenvalue weighted by molar-refractivity contribution is 5.96. The summed E-state index contributed by atoms with van der Waals surface area (Å²) in [5.41, 5.74) is 5.06. The molecule has 1 aromatic rings. The van der Waals surface area contributed by atoms with Crippen LogP contribution in [-0.2, 0) is 6.42 Å². The first-order valence-corrected chi connectivity index (χ1v) is 6.05. The molecular formula is C11H19N5O3. The Bertz CT molecular complexity index is 475. The van der Waals surface area contributed by atoms with Gasteiger partial charge in [-0.25, -0.2) is 0 Å². The summed E-state index contributed by atoms with van der Waals surface area (Å²) in [6, 6.07) is 0. The fraction of sp³-hybridized carbons (Fsp3) is 0.636. The number of hydrogen-bond acceptors (Lipinski definition) is 5. The first kappa shape index (κ1) is 15.1. The molecule has 0 saturated carbocycles. The summed E-state index contributed by atoms with van der Waals surface area (Å²) >= 11 is 0. The molecule has 0 bridgehead atoms. The molecule has 0 atom stereocenters. The number of amides is 1. The van der Waals surface area contributed by atoms with Crippen LogP contribution < -0.4 is 11.1 Å². The number of aryl methyl sites for hydroxylation is 1. The number of nitrogens with one attached hydrogen (secondary N) is 2. The smallest absolute Gasteiger partial charge is 0.322 e. The van der Waals surface area contributed by atoms with Gasteiger partial charge in [-0.3, -0.25) is 20.0 Å². The molecule has 0 aromatic carbocycles. The number of nitrogens with two attached hydrogens (primary N) is 1. The molecule has 0 aliphatic rings. The fourth-order valence-electron chi connectivity index (χ4n) is 1.54. The molecule has 19 heavy (non-hydrogen) atoms. The average molecular weight is 269 g/mol. The normalized spacial score (nSPS) is 11.4. The van der Waals surface area contributed by atoms with E-state index in [1.54, 1.807) is 13.8 Å². The molecule has 0 saturated heterocycles. The number of nitrogens with zero attached hydrogens (tertiary/aromatic N) is 2. The van der Waals surface area contributed by atoms with E-state index in [0.717, 1.165) is 6.42 Å². The Balaban J connectivity index is 2.94. The largest absolute Gasteiger partial charge is 0.349 e. The minimum atomic E-state index is -0.594. The first-order valence-electron chi connectivity index (χ1n) is 6.05. The molecular weight excluding hydrogens is 250 g/mol. The fourth-order valence-corrected chi connectivity index (χ4v) is 1.54. The molecule has 0 aliphatic carbocycles. The Hall–Kier alpha value is -1.96. The van der Waals surface area contributed by atoms with E-state index in [1.165, 1.54) is 0 Å². The second kappa shape index (κ2) is 5.79. The molecule has 106 valence electrons. The molecule has 1 heterocycles. The molecule has 4 N–H and O–H groups in total. The van der Waals surface area contributed by atoms with Crippen molar-refractivity contribution in [2.24, 2.45) is 5.73 Å². The van der Waals surface area contributed by atoms with Crippen LogP contribution in [0.25, 0.3) is 0 Å².